The number of aryl methyl sites for hydroxylation is 1. The lowest BCUT2D eigenvalue weighted by Gasteiger charge is -2.22. The lowest BCUT2D eigenvalue weighted by atomic mass is 10.1. The first kappa shape index (κ1) is 19.2. The fraction of sp³-hybridized carbons (Fsp3) is 0.500. The van der Waals surface area contributed by atoms with Crippen molar-refractivity contribution >= 4 is 11.8 Å². The number of carbonyl (C=O) groups is 1. The van der Waals surface area contributed by atoms with Gasteiger partial charge in [-0.2, -0.15) is 0 Å². The zero-order chi connectivity index (χ0) is 19.6. The van der Waals surface area contributed by atoms with E-state index in [1.165, 1.54) is 0 Å². The highest BCUT2D eigenvalue weighted by molar-refractivity contribution is 5.68. The number of benzene rings is 1. The standard InChI is InChI=1S/C20H29N5O2/c1-14-10-25(13-22-14)18-8-15(7-16(21)9-18)11-24-6-5-17(12-24)23-19(26)27-20(2,3)4/h7-10,13,17H,5-6,11-12,21H2,1-4H3,(H,23,26)/t17-/m0/s1. The summed E-state index contributed by atoms with van der Waals surface area (Å²) < 4.78 is 7.32. The smallest absolute Gasteiger partial charge is 0.407 e. The van der Waals surface area contributed by atoms with Gasteiger partial charge in [0.1, 0.15) is 5.60 Å². The van der Waals surface area contributed by atoms with Crippen LogP contribution in [0.2, 0.25) is 0 Å². The van der Waals surface area contributed by atoms with Crippen LogP contribution < -0.4 is 11.1 Å². The molecule has 1 fully saturated rings. The van der Waals surface area contributed by atoms with Crippen LogP contribution in [0.25, 0.3) is 5.69 Å². The first-order valence-electron chi connectivity index (χ1n) is 9.30. The van der Waals surface area contributed by atoms with Gasteiger partial charge in [0.2, 0.25) is 0 Å². The molecule has 0 spiro atoms. The van der Waals surface area contributed by atoms with Crippen LogP contribution in [0.1, 0.15) is 38.4 Å². The van der Waals surface area contributed by atoms with E-state index in [1.807, 2.05) is 50.6 Å². The summed E-state index contributed by atoms with van der Waals surface area (Å²) in [6.07, 6.45) is 4.34. The third-order valence-electron chi connectivity index (χ3n) is 4.41. The maximum atomic E-state index is 12.0. The predicted molar refractivity (Wildman–Crippen MR) is 106 cm³/mol. The van der Waals surface area contributed by atoms with Gasteiger partial charge < -0.3 is 20.4 Å². The molecular weight excluding hydrogens is 342 g/mol. The van der Waals surface area contributed by atoms with Gasteiger partial charge in [0.15, 0.2) is 0 Å². The van der Waals surface area contributed by atoms with E-state index in [2.05, 4.69) is 21.3 Å². The summed E-state index contributed by atoms with van der Waals surface area (Å²) in [6, 6.07) is 6.19. The van der Waals surface area contributed by atoms with E-state index in [9.17, 15) is 4.79 Å². The Balaban J connectivity index is 1.60. The van der Waals surface area contributed by atoms with E-state index in [1.54, 1.807) is 6.33 Å². The van der Waals surface area contributed by atoms with Crippen molar-refractivity contribution in [2.75, 3.05) is 18.8 Å². The molecule has 0 bridgehead atoms. The van der Waals surface area contributed by atoms with Crippen LogP contribution in [0.4, 0.5) is 10.5 Å². The molecule has 1 amide bonds. The molecule has 27 heavy (non-hydrogen) atoms. The molecule has 1 aliphatic rings. The van der Waals surface area contributed by atoms with Crippen molar-refractivity contribution in [3.8, 4) is 5.69 Å². The lowest BCUT2D eigenvalue weighted by molar-refractivity contribution is 0.0506. The number of amides is 1. The fourth-order valence-electron chi connectivity index (χ4n) is 3.33. The zero-order valence-corrected chi connectivity index (χ0v) is 16.5. The van der Waals surface area contributed by atoms with Gasteiger partial charge in [0.05, 0.1) is 12.0 Å². The number of nitrogen functional groups attached to an aromatic ring is 1. The van der Waals surface area contributed by atoms with Crippen LogP contribution in [0, 0.1) is 6.92 Å². The second-order valence-corrected chi connectivity index (χ2v) is 8.22. The van der Waals surface area contributed by atoms with Crippen molar-refractivity contribution in [1.29, 1.82) is 0 Å². The van der Waals surface area contributed by atoms with Crippen LogP contribution >= 0.6 is 0 Å². The van der Waals surface area contributed by atoms with Crippen molar-refractivity contribution in [3.05, 3.63) is 42.0 Å². The van der Waals surface area contributed by atoms with Gasteiger partial charge in [-0.15, -0.1) is 0 Å². The number of hydrogen-bond acceptors (Lipinski definition) is 5. The molecule has 2 aromatic rings. The van der Waals surface area contributed by atoms with Crippen molar-refractivity contribution in [3.63, 3.8) is 0 Å². The summed E-state index contributed by atoms with van der Waals surface area (Å²) in [5.74, 6) is 0. The number of imidazole rings is 1. The van der Waals surface area contributed by atoms with Gasteiger partial charge in [-0.3, -0.25) is 4.90 Å². The van der Waals surface area contributed by atoms with Crippen molar-refractivity contribution in [1.82, 2.24) is 19.8 Å². The summed E-state index contributed by atoms with van der Waals surface area (Å²) in [6.45, 7) is 10.1. The summed E-state index contributed by atoms with van der Waals surface area (Å²) in [5.41, 5.74) is 9.48. The van der Waals surface area contributed by atoms with Crippen LogP contribution in [0.5, 0.6) is 0 Å². The first-order chi connectivity index (χ1) is 12.7. The highest BCUT2D eigenvalue weighted by Gasteiger charge is 2.26. The average Bonchev–Trinajstić information content (AvgIpc) is 3.14. The molecule has 0 radical (unpaired) electrons. The lowest BCUT2D eigenvalue weighted by Crippen LogP contribution is -2.40. The number of aromatic nitrogens is 2. The molecule has 7 heteroatoms. The van der Waals surface area contributed by atoms with Crippen LogP contribution in [-0.2, 0) is 11.3 Å². The normalized spacial score (nSPS) is 17.9. The van der Waals surface area contributed by atoms with Crippen molar-refractivity contribution in [2.45, 2.75) is 52.3 Å². The Morgan fingerprint density at radius 3 is 2.81 bits per heavy atom. The largest absolute Gasteiger partial charge is 0.444 e. The highest BCUT2D eigenvalue weighted by Crippen LogP contribution is 2.20. The second kappa shape index (κ2) is 7.60. The number of alkyl carbamates (subject to hydrolysis) is 1. The van der Waals surface area contributed by atoms with E-state index in [0.717, 1.165) is 48.7 Å². The van der Waals surface area contributed by atoms with Crippen molar-refractivity contribution in [2.24, 2.45) is 0 Å². The number of rotatable bonds is 4. The Labute approximate surface area is 160 Å². The number of nitrogens with two attached hydrogens (primary N) is 1. The van der Waals surface area contributed by atoms with E-state index < -0.39 is 5.60 Å². The second-order valence-electron chi connectivity index (χ2n) is 8.22. The Bertz CT molecular complexity index is 809. The number of nitrogens with zero attached hydrogens (tertiary/aromatic N) is 3. The molecule has 1 atom stereocenters. The molecule has 2 heterocycles. The van der Waals surface area contributed by atoms with Gasteiger partial charge in [0.25, 0.3) is 0 Å². The zero-order valence-electron chi connectivity index (χ0n) is 16.5. The number of nitrogens with one attached hydrogen (secondary N) is 1. The molecule has 0 saturated carbocycles. The third-order valence-corrected chi connectivity index (χ3v) is 4.41. The summed E-state index contributed by atoms with van der Waals surface area (Å²) in [4.78, 5) is 18.5. The Hall–Kier alpha value is -2.54. The quantitative estimate of drug-likeness (QED) is 0.807. The Morgan fingerprint density at radius 2 is 2.15 bits per heavy atom. The molecular formula is C20H29N5O2. The topological polar surface area (TPSA) is 85.4 Å². The van der Waals surface area contributed by atoms with Gasteiger partial charge in [0, 0.05) is 43.2 Å². The predicted octanol–water partition coefficient (Wildman–Crippen LogP) is 2.86. The van der Waals surface area contributed by atoms with Gasteiger partial charge in [-0.05, 0) is 57.9 Å². The van der Waals surface area contributed by atoms with E-state index in [4.69, 9.17) is 10.5 Å². The summed E-state index contributed by atoms with van der Waals surface area (Å²) in [7, 11) is 0. The molecule has 0 aliphatic carbocycles. The number of ether oxygens (including phenoxy) is 1. The number of hydrogen-bond donors (Lipinski definition) is 2. The first-order valence-corrected chi connectivity index (χ1v) is 9.30. The summed E-state index contributed by atoms with van der Waals surface area (Å²) in [5, 5.41) is 2.96. The molecule has 0 unspecified atom stereocenters. The van der Waals surface area contributed by atoms with Crippen LogP contribution in [0.3, 0.4) is 0 Å². The molecule has 1 aromatic carbocycles. The number of likely N-dealkylation sites (tertiary alicyclic amines) is 1. The fourth-order valence-corrected chi connectivity index (χ4v) is 3.33. The minimum absolute atomic E-state index is 0.108. The van der Waals surface area contributed by atoms with Crippen LogP contribution in [0.15, 0.2) is 30.7 Å². The SMILES string of the molecule is Cc1cn(-c2cc(N)cc(CN3CC[C@H](NC(=O)OC(C)(C)C)C3)c2)cn1. The molecule has 146 valence electrons. The third kappa shape index (κ3) is 5.47. The highest BCUT2D eigenvalue weighted by atomic mass is 16.6. The molecule has 1 saturated heterocycles. The van der Waals surface area contributed by atoms with Gasteiger partial charge >= 0.3 is 6.09 Å². The molecule has 1 aromatic heterocycles. The maximum Gasteiger partial charge on any atom is 0.407 e. The molecule has 1 aliphatic heterocycles. The minimum atomic E-state index is -0.480. The van der Waals surface area contributed by atoms with E-state index in [-0.39, 0.29) is 12.1 Å². The number of carbonyl (C=O) groups excluding carboxylic acids is 1. The minimum Gasteiger partial charge on any atom is -0.444 e. The monoisotopic (exact) mass is 371 g/mol. The van der Waals surface area contributed by atoms with E-state index >= 15 is 0 Å². The molecule has 3 N–H and O–H groups in total. The van der Waals surface area contributed by atoms with Crippen LogP contribution in [-0.4, -0.2) is 45.3 Å². The molecule has 7 nitrogen and oxygen atoms in total. The average molecular weight is 371 g/mol. The summed E-state index contributed by atoms with van der Waals surface area (Å²) >= 11 is 0. The number of anilines is 1. The Morgan fingerprint density at radius 1 is 1.37 bits per heavy atom. The van der Waals surface area contributed by atoms with Gasteiger partial charge in [-0.1, -0.05) is 0 Å². The Kier molecular flexibility index (Phi) is 5.41. The molecule has 3 rings (SSSR count). The maximum absolute atomic E-state index is 12.0. The van der Waals surface area contributed by atoms with Crippen molar-refractivity contribution < 1.29 is 9.53 Å². The van der Waals surface area contributed by atoms with Gasteiger partial charge in [-0.25, -0.2) is 9.78 Å². The van der Waals surface area contributed by atoms with E-state index in [0.29, 0.717) is 0 Å².